The molecule has 0 radical (unpaired) electrons. The zero-order valence-corrected chi connectivity index (χ0v) is 10.8. The van der Waals surface area contributed by atoms with Crippen molar-refractivity contribution in [1.82, 2.24) is 4.98 Å². The van der Waals surface area contributed by atoms with E-state index in [1.807, 2.05) is 30.3 Å². The summed E-state index contributed by atoms with van der Waals surface area (Å²) in [5.41, 5.74) is 6.96. The molecule has 2 rings (SSSR count). The van der Waals surface area contributed by atoms with Gasteiger partial charge >= 0.3 is 0 Å². The van der Waals surface area contributed by atoms with E-state index in [0.717, 1.165) is 16.6 Å². The van der Waals surface area contributed by atoms with Gasteiger partial charge in [-0.3, -0.25) is 0 Å². The first-order valence-electron chi connectivity index (χ1n) is 6.34. The van der Waals surface area contributed by atoms with E-state index in [4.69, 9.17) is 5.73 Å². The minimum absolute atomic E-state index is 0.123. The number of aromatic amines is 1. The van der Waals surface area contributed by atoms with Gasteiger partial charge in [0.25, 0.3) is 0 Å². The quantitative estimate of drug-likeness (QED) is 0.448. The van der Waals surface area contributed by atoms with Crippen molar-refractivity contribution in [2.75, 3.05) is 0 Å². The van der Waals surface area contributed by atoms with Gasteiger partial charge in [0.2, 0.25) is 0 Å². The summed E-state index contributed by atoms with van der Waals surface area (Å²) < 4.78 is 0. The Balaban J connectivity index is 2.06. The number of rotatable bonds is 6. The smallest absolute Gasteiger partial charge is 0.139 e. The van der Waals surface area contributed by atoms with Crippen LogP contribution in [0.15, 0.2) is 30.3 Å². The molecule has 1 heterocycles. The summed E-state index contributed by atoms with van der Waals surface area (Å²) in [6.45, 7) is 0. The summed E-state index contributed by atoms with van der Waals surface area (Å²) in [5, 5.41) is 30.3. The Hall–Kier alpha value is -1.73. The van der Waals surface area contributed by atoms with Crippen molar-refractivity contribution in [3.05, 3.63) is 36.0 Å². The van der Waals surface area contributed by atoms with Gasteiger partial charge in [0.05, 0.1) is 12.1 Å². The summed E-state index contributed by atoms with van der Waals surface area (Å²) in [7, 11) is 0. The Morgan fingerprint density at radius 2 is 1.90 bits per heavy atom. The maximum atomic E-state index is 10.5. The van der Waals surface area contributed by atoms with Crippen LogP contribution in [-0.4, -0.2) is 50.9 Å². The number of carbonyl (C=O) groups excluding carboxylic acids is 1. The average molecular weight is 278 g/mol. The van der Waals surface area contributed by atoms with E-state index >= 15 is 0 Å². The zero-order chi connectivity index (χ0) is 14.7. The Morgan fingerprint density at radius 1 is 1.20 bits per heavy atom. The molecule has 0 amide bonds. The number of hydrogen-bond donors (Lipinski definition) is 5. The molecule has 2 aromatic rings. The number of benzene rings is 1. The Bertz CT molecular complexity index is 550. The maximum absolute atomic E-state index is 10.5. The fourth-order valence-corrected chi connectivity index (χ4v) is 2.13. The molecule has 0 aliphatic rings. The molecule has 108 valence electrons. The molecule has 6 nitrogen and oxygen atoms in total. The highest BCUT2D eigenvalue weighted by atomic mass is 16.4. The molecule has 6 heteroatoms. The third-order valence-electron chi connectivity index (χ3n) is 3.31. The molecule has 0 bridgehead atoms. The van der Waals surface area contributed by atoms with Gasteiger partial charge in [0, 0.05) is 17.6 Å². The molecule has 0 saturated heterocycles. The van der Waals surface area contributed by atoms with Crippen LogP contribution in [0.4, 0.5) is 0 Å². The first-order chi connectivity index (χ1) is 9.52. The highest BCUT2D eigenvalue weighted by Crippen LogP contribution is 2.17. The summed E-state index contributed by atoms with van der Waals surface area (Å²) in [6.07, 6.45) is -3.74. The number of aromatic nitrogens is 1. The third kappa shape index (κ3) is 3.05. The van der Waals surface area contributed by atoms with Crippen LogP contribution in [0.1, 0.15) is 5.69 Å². The van der Waals surface area contributed by atoms with Crippen molar-refractivity contribution in [1.29, 1.82) is 0 Å². The topological polar surface area (TPSA) is 120 Å². The summed E-state index contributed by atoms with van der Waals surface area (Å²) in [5.74, 6) is 0. The molecule has 0 saturated carbocycles. The summed E-state index contributed by atoms with van der Waals surface area (Å²) in [4.78, 5) is 13.6. The lowest BCUT2D eigenvalue weighted by Crippen LogP contribution is -2.49. The molecule has 20 heavy (non-hydrogen) atoms. The molecule has 0 fully saturated rings. The van der Waals surface area contributed by atoms with E-state index in [-0.39, 0.29) is 6.42 Å². The predicted octanol–water partition coefficient (Wildman–Crippen LogP) is -0.681. The molecule has 0 aliphatic heterocycles. The first-order valence-corrected chi connectivity index (χ1v) is 6.34. The second-order valence-electron chi connectivity index (χ2n) is 4.85. The maximum Gasteiger partial charge on any atom is 0.139 e. The number of aliphatic hydroxyl groups is 3. The number of H-pyrrole nitrogens is 1. The minimum atomic E-state index is -1.49. The normalized spacial score (nSPS) is 17.6. The highest BCUT2D eigenvalue weighted by molar-refractivity contribution is 5.80. The number of hydrogen-bond acceptors (Lipinski definition) is 5. The number of carbonyl (C=O) groups is 1. The number of aliphatic hydroxyl groups excluding tert-OH is 3. The van der Waals surface area contributed by atoms with E-state index in [1.165, 1.54) is 0 Å². The Kier molecular flexibility index (Phi) is 4.51. The Morgan fingerprint density at radius 3 is 2.55 bits per heavy atom. The van der Waals surface area contributed by atoms with Gasteiger partial charge in [-0.25, -0.2) is 0 Å². The van der Waals surface area contributed by atoms with Crippen LogP contribution in [0, 0.1) is 0 Å². The van der Waals surface area contributed by atoms with Crippen LogP contribution in [-0.2, 0) is 11.2 Å². The number of aldehydes is 1. The van der Waals surface area contributed by atoms with Gasteiger partial charge in [-0.05, 0) is 17.5 Å². The van der Waals surface area contributed by atoms with Crippen LogP contribution in [0.3, 0.4) is 0 Å². The van der Waals surface area contributed by atoms with Gasteiger partial charge in [-0.2, -0.15) is 0 Å². The lowest BCUT2D eigenvalue weighted by atomic mass is 9.99. The van der Waals surface area contributed by atoms with Crippen LogP contribution in [0.2, 0.25) is 0 Å². The summed E-state index contributed by atoms with van der Waals surface area (Å²) in [6, 6.07) is 8.26. The molecule has 1 aromatic carbocycles. The molecule has 4 atom stereocenters. The second-order valence-corrected chi connectivity index (χ2v) is 4.85. The molecular weight excluding hydrogens is 260 g/mol. The van der Waals surface area contributed by atoms with Crippen molar-refractivity contribution in [2.45, 2.75) is 30.8 Å². The Labute approximate surface area is 115 Å². The van der Waals surface area contributed by atoms with E-state index in [0.29, 0.717) is 6.29 Å². The van der Waals surface area contributed by atoms with Crippen molar-refractivity contribution < 1.29 is 20.1 Å². The van der Waals surface area contributed by atoms with Crippen LogP contribution in [0.25, 0.3) is 10.9 Å². The van der Waals surface area contributed by atoms with Gasteiger partial charge in [-0.15, -0.1) is 0 Å². The number of para-hydroxylation sites is 1. The lowest BCUT2D eigenvalue weighted by molar-refractivity contribution is -0.116. The lowest BCUT2D eigenvalue weighted by Gasteiger charge is -2.24. The molecule has 1 aromatic heterocycles. The monoisotopic (exact) mass is 278 g/mol. The van der Waals surface area contributed by atoms with Gasteiger partial charge < -0.3 is 30.8 Å². The average Bonchev–Trinajstić information content (AvgIpc) is 2.86. The standard InChI is InChI=1S/C14H18N2O4/c15-10(7-17)13(19)14(20)12(18)6-9-5-8-3-1-2-4-11(8)16-9/h1-5,7,10,12-14,16,18-20H,6,15H2/t10-,12+,13+,14+/m0/s1. The van der Waals surface area contributed by atoms with Crippen molar-refractivity contribution in [3.63, 3.8) is 0 Å². The number of nitrogens with two attached hydrogens (primary N) is 1. The van der Waals surface area contributed by atoms with E-state index in [2.05, 4.69) is 4.98 Å². The van der Waals surface area contributed by atoms with Crippen molar-refractivity contribution in [2.24, 2.45) is 5.73 Å². The molecular formula is C14H18N2O4. The second kappa shape index (κ2) is 6.15. The van der Waals surface area contributed by atoms with E-state index in [1.54, 1.807) is 0 Å². The fraction of sp³-hybridized carbons (Fsp3) is 0.357. The minimum Gasteiger partial charge on any atom is -0.390 e. The number of fused-ring (bicyclic) bond motifs is 1. The zero-order valence-electron chi connectivity index (χ0n) is 10.8. The molecule has 6 N–H and O–H groups in total. The van der Waals surface area contributed by atoms with Gasteiger partial charge in [0.1, 0.15) is 18.5 Å². The molecule has 0 aliphatic carbocycles. The van der Waals surface area contributed by atoms with Crippen LogP contribution in [0.5, 0.6) is 0 Å². The first kappa shape index (κ1) is 14.7. The number of nitrogens with one attached hydrogen (secondary N) is 1. The molecule has 0 unspecified atom stereocenters. The van der Waals surface area contributed by atoms with E-state index < -0.39 is 24.4 Å². The van der Waals surface area contributed by atoms with Crippen molar-refractivity contribution >= 4 is 17.2 Å². The van der Waals surface area contributed by atoms with Gasteiger partial charge in [-0.1, -0.05) is 18.2 Å². The highest BCUT2D eigenvalue weighted by Gasteiger charge is 2.29. The van der Waals surface area contributed by atoms with Gasteiger partial charge in [0.15, 0.2) is 0 Å². The SMILES string of the molecule is N[C@@H](C=O)[C@@H](O)[C@H](O)[C@H](O)Cc1cc2ccccc2[nH]1. The third-order valence-corrected chi connectivity index (χ3v) is 3.31. The van der Waals surface area contributed by atoms with Crippen LogP contribution >= 0.6 is 0 Å². The molecule has 0 spiro atoms. The van der Waals surface area contributed by atoms with E-state index in [9.17, 15) is 20.1 Å². The summed E-state index contributed by atoms with van der Waals surface area (Å²) >= 11 is 0. The predicted molar refractivity (Wildman–Crippen MR) is 74.1 cm³/mol. The largest absolute Gasteiger partial charge is 0.390 e. The van der Waals surface area contributed by atoms with Crippen molar-refractivity contribution in [3.8, 4) is 0 Å². The fourth-order valence-electron chi connectivity index (χ4n) is 2.13. The van der Waals surface area contributed by atoms with Crippen LogP contribution < -0.4 is 5.73 Å².